The molecule has 1 aromatic heterocycles. The molecule has 1 N–H and O–H groups in total. The summed E-state index contributed by atoms with van der Waals surface area (Å²) in [5.41, 5.74) is 2.85. The molecular weight excluding hydrogens is 353 g/mol. The molecule has 1 fully saturated rings. The van der Waals surface area contributed by atoms with E-state index >= 15 is 0 Å². The van der Waals surface area contributed by atoms with Crippen LogP contribution >= 0.6 is 0 Å². The van der Waals surface area contributed by atoms with Gasteiger partial charge < -0.3 is 9.88 Å². The summed E-state index contributed by atoms with van der Waals surface area (Å²) in [6, 6.07) is 7.73. The first-order valence-electron chi connectivity index (χ1n) is 8.93. The number of carbonyl (C=O) groups is 1. The normalized spacial score (nSPS) is 20.1. The molecule has 1 aliphatic carbocycles. The van der Waals surface area contributed by atoms with E-state index in [1.807, 2.05) is 0 Å². The van der Waals surface area contributed by atoms with E-state index < -0.39 is 17.7 Å². The van der Waals surface area contributed by atoms with Crippen molar-refractivity contribution in [2.75, 3.05) is 6.54 Å². The third-order valence-corrected chi connectivity index (χ3v) is 5.90. The average Bonchev–Trinajstić information content (AvgIpc) is 3.28. The molecule has 2 heterocycles. The first kappa shape index (κ1) is 16.4. The fourth-order valence-corrected chi connectivity index (χ4v) is 4.49. The molecule has 2 aliphatic rings. The molecular formula is C21H17F3N2O. The number of aromatic nitrogens is 1. The summed E-state index contributed by atoms with van der Waals surface area (Å²) in [6.07, 6.45) is 1.83. The van der Waals surface area contributed by atoms with E-state index in [0.29, 0.717) is 12.1 Å². The lowest BCUT2D eigenvalue weighted by molar-refractivity contribution is -0.131. The molecule has 27 heavy (non-hydrogen) atoms. The van der Waals surface area contributed by atoms with Gasteiger partial charge in [0.1, 0.15) is 5.82 Å². The van der Waals surface area contributed by atoms with Gasteiger partial charge in [-0.3, -0.25) is 4.79 Å². The number of aromatic amines is 1. The molecule has 138 valence electrons. The SMILES string of the molecule is CC(=O)N1CC2(CC2)c2c([nH]c3ccc(F)cc23)C1c1ccc(F)c(F)c1. The lowest BCUT2D eigenvalue weighted by atomic mass is 9.83. The predicted octanol–water partition coefficient (Wildman–Crippen LogP) is 4.57. The number of benzene rings is 2. The Morgan fingerprint density at radius 2 is 1.89 bits per heavy atom. The Morgan fingerprint density at radius 1 is 1.11 bits per heavy atom. The van der Waals surface area contributed by atoms with Gasteiger partial charge in [-0.2, -0.15) is 0 Å². The minimum atomic E-state index is -0.952. The van der Waals surface area contributed by atoms with Gasteiger partial charge in [0.05, 0.1) is 6.04 Å². The van der Waals surface area contributed by atoms with Crippen LogP contribution in [0.25, 0.3) is 10.9 Å². The summed E-state index contributed by atoms with van der Waals surface area (Å²) >= 11 is 0. The molecule has 3 nitrogen and oxygen atoms in total. The molecule has 1 saturated carbocycles. The quantitative estimate of drug-likeness (QED) is 0.669. The summed E-state index contributed by atoms with van der Waals surface area (Å²) in [5.74, 6) is -2.34. The van der Waals surface area contributed by atoms with Crippen molar-refractivity contribution < 1.29 is 18.0 Å². The van der Waals surface area contributed by atoms with Crippen molar-refractivity contribution >= 4 is 16.8 Å². The second-order valence-corrected chi connectivity index (χ2v) is 7.61. The van der Waals surface area contributed by atoms with Crippen LogP contribution < -0.4 is 0 Å². The van der Waals surface area contributed by atoms with Gasteiger partial charge >= 0.3 is 0 Å². The molecule has 1 atom stereocenters. The summed E-state index contributed by atoms with van der Waals surface area (Å²) in [6.45, 7) is 1.97. The second-order valence-electron chi connectivity index (χ2n) is 7.61. The highest BCUT2D eigenvalue weighted by Gasteiger charge is 2.54. The molecule has 6 heteroatoms. The Morgan fingerprint density at radius 3 is 2.56 bits per heavy atom. The number of carbonyl (C=O) groups excluding carboxylic acids is 1. The van der Waals surface area contributed by atoms with Crippen molar-refractivity contribution in [2.24, 2.45) is 0 Å². The van der Waals surface area contributed by atoms with Crippen LogP contribution in [0.3, 0.4) is 0 Å². The number of rotatable bonds is 1. The highest BCUT2D eigenvalue weighted by atomic mass is 19.2. The molecule has 0 radical (unpaired) electrons. The number of fused-ring (bicyclic) bond motifs is 4. The third-order valence-electron chi connectivity index (χ3n) is 5.90. The molecule has 3 aromatic rings. The fourth-order valence-electron chi connectivity index (χ4n) is 4.49. The van der Waals surface area contributed by atoms with Crippen molar-refractivity contribution in [2.45, 2.75) is 31.2 Å². The smallest absolute Gasteiger partial charge is 0.220 e. The number of nitrogens with one attached hydrogen (secondary N) is 1. The van der Waals surface area contributed by atoms with Gasteiger partial charge in [-0.05, 0) is 54.3 Å². The lowest BCUT2D eigenvalue weighted by Crippen LogP contribution is -2.44. The third kappa shape index (κ3) is 2.32. The zero-order valence-corrected chi connectivity index (χ0v) is 14.7. The van der Waals surface area contributed by atoms with E-state index in [2.05, 4.69) is 4.98 Å². The molecule has 5 rings (SSSR count). The molecule has 1 aliphatic heterocycles. The van der Waals surface area contributed by atoms with Crippen LogP contribution in [0.2, 0.25) is 0 Å². The highest BCUT2D eigenvalue weighted by molar-refractivity contribution is 5.88. The Bertz CT molecular complexity index is 1100. The maximum Gasteiger partial charge on any atom is 0.220 e. The monoisotopic (exact) mass is 370 g/mol. The van der Waals surface area contributed by atoms with E-state index in [0.717, 1.165) is 47.1 Å². The number of H-pyrrole nitrogens is 1. The van der Waals surface area contributed by atoms with Crippen LogP contribution in [0.15, 0.2) is 36.4 Å². The van der Waals surface area contributed by atoms with Crippen molar-refractivity contribution in [3.05, 3.63) is 70.7 Å². The Kier molecular flexibility index (Phi) is 3.27. The van der Waals surface area contributed by atoms with Gasteiger partial charge in [0.25, 0.3) is 0 Å². The van der Waals surface area contributed by atoms with Crippen molar-refractivity contribution in [1.29, 1.82) is 0 Å². The molecule has 1 unspecified atom stereocenters. The summed E-state index contributed by atoms with van der Waals surface area (Å²) in [7, 11) is 0. The first-order chi connectivity index (χ1) is 12.9. The van der Waals surface area contributed by atoms with Crippen LogP contribution in [0.5, 0.6) is 0 Å². The summed E-state index contributed by atoms with van der Waals surface area (Å²) < 4.78 is 41.3. The minimum Gasteiger partial charge on any atom is -0.356 e. The van der Waals surface area contributed by atoms with Crippen LogP contribution in [0.1, 0.15) is 42.6 Å². The Labute approximate surface area is 153 Å². The average molecular weight is 370 g/mol. The van der Waals surface area contributed by atoms with Crippen molar-refractivity contribution in [3.63, 3.8) is 0 Å². The molecule has 2 aromatic carbocycles. The van der Waals surface area contributed by atoms with E-state index in [4.69, 9.17) is 0 Å². The number of hydrogen-bond donors (Lipinski definition) is 1. The summed E-state index contributed by atoms with van der Waals surface area (Å²) in [4.78, 5) is 17.4. The topological polar surface area (TPSA) is 36.1 Å². The highest BCUT2D eigenvalue weighted by Crippen LogP contribution is 2.57. The van der Waals surface area contributed by atoms with E-state index in [-0.39, 0.29) is 17.1 Å². The van der Waals surface area contributed by atoms with Crippen LogP contribution in [-0.4, -0.2) is 22.3 Å². The van der Waals surface area contributed by atoms with Gasteiger partial charge in [-0.1, -0.05) is 6.07 Å². The second kappa shape index (κ2) is 5.38. The molecule has 0 bridgehead atoms. The van der Waals surface area contributed by atoms with Crippen molar-refractivity contribution in [1.82, 2.24) is 9.88 Å². The van der Waals surface area contributed by atoms with Crippen LogP contribution in [0, 0.1) is 17.5 Å². The van der Waals surface area contributed by atoms with E-state index in [1.165, 1.54) is 25.1 Å². The zero-order valence-electron chi connectivity index (χ0n) is 14.7. The number of amides is 1. The number of halogens is 3. The minimum absolute atomic E-state index is 0.133. The van der Waals surface area contributed by atoms with Gasteiger partial charge in [-0.15, -0.1) is 0 Å². The molecule has 1 spiro atoms. The van der Waals surface area contributed by atoms with Gasteiger partial charge in [0, 0.05) is 35.5 Å². The van der Waals surface area contributed by atoms with Crippen molar-refractivity contribution in [3.8, 4) is 0 Å². The maximum atomic E-state index is 13.9. The van der Waals surface area contributed by atoms with Crippen LogP contribution in [-0.2, 0) is 10.2 Å². The molecule has 0 saturated heterocycles. The predicted molar refractivity (Wildman–Crippen MR) is 94.8 cm³/mol. The van der Waals surface area contributed by atoms with Crippen LogP contribution in [0.4, 0.5) is 13.2 Å². The zero-order chi connectivity index (χ0) is 18.9. The molecule has 1 amide bonds. The fraction of sp³-hybridized carbons (Fsp3) is 0.286. The van der Waals surface area contributed by atoms with E-state index in [9.17, 15) is 18.0 Å². The lowest BCUT2D eigenvalue weighted by Gasteiger charge is -2.40. The van der Waals surface area contributed by atoms with Gasteiger partial charge in [0.2, 0.25) is 5.91 Å². The standard InChI is InChI=1S/C21H17F3N2O/c1-11(27)26-10-21(6-7-21)18-14-9-13(22)3-5-17(14)25-19(18)20(26)12-2-4-15(23)16(24)8-12/h2-5,8-9,20,25H,6-7,10H2,1H3. The Balaban J connectivity index is 1.79. The number of hydrogen-bond acceptors (Lipinski definition) is 1. The largest absolute Gasteiger partial charge is 0.356 e. The Hall–Kier alpha value is -2.76. The van der Waals surface area contributed by atoms with Gasteiger partial charge in [0.15, 0.2) is 11.6 Å². The summed E-state index contributed by atoms with van der Waals surface area (Å²) in [5, 5.41) is 0.804. The van der Waals surface area contributed by atoms with Gasteiger partial charge in [-0.25, -0.2) is 13.2 Å². The van der Waals surface area contributed by atoms with E-state index in [1.54, 1.807) is 11.0 Å². The number of nitrogens with zero attached hydrogens (tertiary/aromatic N) is 1. The first-order valence-corrected chi connectivity index (χ1v) is 8.93. The maximum absolute atomic E-state index is 13.9.